The summed E-state index contributed by atoms with van der Waals surface area (Å²) in [6.45, 7) is 1.91. The van der Waals surface area contributed by atoms with E-state index in [0.717, 1.165) is 5.69 Å². The Hall–Kier alpha value is -4.40. The van der Waals surface area contributed by atoms with Crippen molar-refractivity contribution in [1.29, 1.82) is 0 Å². The molecule has 0 aliphatic rings. The Balaban J connectivity index is 1.53. The fraction of sp³-hybridized carbons (Fsp3) is 0.0476. The standard InChI is InChI=1S/C21H17N7O2/c1-13-4-2-7-16(24-13)19-22-10-8-17(27-19)26-18-9-11-23-21(28-18)25-15-6-3-5-14(12-15)20(29)30/h2-12H,1H3,(H,29,30)(H2,22,23,25,26,27,28). The number of aryl methyl sites for hydroxylation is 1. The molecule has 0 fully saturated rings. The summed E-state index contributed by atoms with van der Waals surface area (Å²) < 4.78 is 0. The molecule has 148 valence electrons. The van der Waals surface area contributed by atoms with Crippen LogP contribution in [0.1, 0.15) is 16.1 Å². The first kappa shape index (κ1) is 18.9. The Morgan fingerprint density at radius 3 is 2.43 bits per heavy atom. The minimum atomic E-state index is -1.00. The molecule has 0 saturated carbocycles. The van der Waals surface area contributed by atoms with Crippen molar-refractivity contribution in [3.05, 3.63) is 78.2 Å². The van der Waals surface area contributed by atoms with Crippen LogP contribution in [0.4, 0.5) is 23.3 Å². The molecular weight excluding hydrogens is 382 g/mol. The van der Waals surface area contributed by atoms with Crippen molar-refractivity contribution < 1.29 is 9.90 Å². The minimum absolute atomic E-state index is 0.174. The van der Waals surface area contributed by atoms with Gasteiger partial charge in [0.2, 0.25) is 5.95 Å². The van der Waals surface area contributed by atoms with Gasteiger partial charge in [-0.2, -0.15) is 4.98 Å². The van der Waals surface area contributed by atoms with E-state index in [1.165, 1.54) is 12.1 Å². The molecule has 9 nitrogen and oxygen atoms in total. The lowest BCUT2D eigenvalue weighted by Gasteiger charge is -2.09. The number of hydrogen-bond donors (Lipinski definition) is 3. The summed E-state index contributed by atoms with van der Waals surface area (Å²) in [4.78, 5) is 32.9. The molecule has 0 aliphatic heterocycles. The zero-order valence-electron chi connectivity index (χ0n) is 15.9. The predicted molar refractivity (Wildman–Crippen MR) is 112 cm³/mol. The molecule has 4 aromatic rings. The number of nitrogens with zero attached hydrogens (tertiary/aromatic N) is 5. The number of aromatic nitrogens is 5. The summed E-state index contributed by atoms with van der Waals surface area (Å²) in [5.41, 5.74) is 2.31. The van der Waals surface area contributed by atoms with Crippen molar-refractivity contribution in [3.8, 4) is 11.5 Å². The largest absolute Gasteiger partial charge is 0.478 e. The third-order valence-corrected chi connectivity index (χ3v) is 4.05. The molecule has 0 bridgehead atoms. The highest BCUT2D eigenvalue weighted by Gasteiger charge is 2.07. The van der Waals surface area contributed by atoms with Crippen molar-refractivity contribution in [3.63, 3.8) is 0 Å². The van der Waals surface area contributed by atoms with Crippen LogP contribution < -0.4 is 10.6 Å². The number of carbonyl (C=O) groups is 1. The van der Waals surface area contributed by atoms with E-state index >= 15 is 0 Å². The van der Waals surface area contributed by atoms with Gasteiger partial charge in [-0.3, -0.25) is 0 Å². The molecule has 1 aromatic carbocycles. The van der Waals surface area contributed by atoms with Gasteiger partial charge in [-0.05, 0) is 49.4 Å². The molecule has 30 heavy (non-hydrogen) atoms. The molecule has 0 unspecified atom stereocenters. The Labute approximate surface area is 171 Å². The molecule has 0 amide bonds. The average molecular weight is 399 g/mol. The van der Waals surface area contributed by atoms with Crippen LogP contribution in [0.15, 0.2) is 67.0 Å². The van der Waals surface area contributed by atoms with Gasteiger partial charge >= 0.3 is 5.97 Å². The van der Waals surface area contributed by atoms with Crippen molar-refractivity contribution in [2.45, 2.75) is 6.92 Å². The van der Waals surface area contributed by atoms with Crippen molar-refractivity contribution in [1.82, 2.24) is 24.9 Å². The van der Waals surface area contributed by atoms with E-state index in [2.05, 4.69) is 35.6 Å². The van der Waals surface area contributed by atoms with Gasteiger partial charge in [0.15, 0.2) is 5.82 Å². The third kappa shape index (κ3) is 4.53. The second-order valence-corrected chi connectivity index (χ2v) is 6.33. The fourth-order valence-corrected chi connectivity index (χ4v) is 2.70. The van der Waals surface area contributed by atoms with Gasteiger partial charge in [-0.25, -0.2) is 24.7 Å². The van der Waals surface area contributed by atoms with Crippen LogP contribution >= 0.6 is 0 Å². The summed E-state index contributed by atoms with van der Waals surface area (Å²) in [7, 11) is 0. The summed E-state index contributed by atoms with van der Waals surface area (Å²) in [6.07, 6.45) is 3.23. The Morgan fingerprint density at radius 2 is 1.63 bits per heavy atom. The van der Waals surface area contributed by atoms with E-state index in [1.54, 1.807) is 36.7 Å². The molecule has 0 saturated heterocycles. The summed E-state index contributed by atoms with van der Waals surface area (Å²) >= 11 is 0. The Bertz CT molecular complexity index is 1210. The number of anilines is 4. The Kier molecular flexibility index (Phi) is 5.25. The van der Waals surface area contributed by atoms with Crippen LogP contribution in [0, 0.1) is 6.92 Å². The van der Waals surface area contributed by atoms with Crippen LogP contribution in [0.3, 0.4) is 0 Å². The number of carboxylic acid groups (broad SMARTS) is 1. The topological polar surface area (TPSA) is 126 Å². The lowest BCUT2D eigenvalue weighted by atomic mass is 10.2. The van der Waals surface area contributed by atoms with Crippen molar-refractivity contribution >= 4 is 29.2 Å². The second-order valence-electron chi connectivity index (χ2n) is 6.33. The third-order valence-electron chi connectivity index (χ3n) is 4.05. The van der Waals surface area contributed by atoms with Gasteiger partial charge in [-0.1, -0.05) is 12.1 Å². The smallest absolute Gasteiger partial charge is 0.335 e. The lowest BCUT2D eigenvalue weighted by molar-refractivity contribution is 0.0697. The van der Waals surface area contributed by atoms with Gasteiger partial charge in [0.1, 0.15) is 17.3 Å². The van der Waals surface area contributed by atoms with E-state index in [1.807, 2.05) is 25.1 Å². The molecule has 0 aliphatic carbocycles. The van der Waals surface area contributed by atoms with Crippen LogP contribution in [0.25, 0.3) is 11.5 Å². The van der Waals surface area contributed by atoms with Gasteiger partial charge in [0.05, 0.1) is 5.56 Å². The van der Waals surface area contributed by atoms with Crippen LogP contribution in [-0.4, -0.2) is 36.0 Å². The molecule has 0 spiro atoms. The SMILES string of the molecule is Cc1cccc(-c2nccc(Nc3ccnc(Nc4cccc(C(=O)O)c4)n3)n2)n1. The highest BCUT2D eigenvalue weighted by molar-refractivity contribution is 5.89. The van der Waals surface area contributed by atoms with E-state index < -0.39 is 5.97 Å². The number of carboxylic acids is 1. The van der Waals surface area contributed by atoms with Gasteiger partial charge < -0.3 is 15.7 Å². The number of aromatic carboxylic acids is 1. The molecule has 3 aromatic heterocycles. The predicted octanol–water partition coefficient (Wildman–Crippen LogP) is 3.82. The summed E-state index contributed by atoms with van der Waals surface area (Å²) in [5.74, 6) is 0.890. The molecule has 3 heterocycles. The first-order chi connectivity index (χ1) is 14.6. The molecule has 9 heteroatoms. The fourth-order valence-electron chi connectivity index (χ4n) is 2.70. The van der Waals surface area contributed by atoms with E-state index in [4.69, 9.17) is 5.11 Å². The van der Waals surface area contributed by atoms with Gasteiger partial charge in [0.25, 0.3) is 0 Å². The highest BCUT2D eigenvalue weighted by Crippen LogP contribution is 2.19. The second kappa shape index (κ2) is 8.31. The monoisotopic (exact) mass is 399 g/mol. The molecular formula is C21H17N7O2. The zero-order chi connectivity index (χ0) is 20.9. The number of benzene rings is 1. The first-order valence-corrected chi connectivity index (χ1v) is 9.04. The number of pyridine rings is 1. The maximum Gasteiger partial charge on any atom is 0.335 e. The van der Waals surface area contributed by atoms with E-state index in [9.17, 15) is 4.79 Å². The number of rotatable bonds is 6. The summed E-state index contributed by atoms with van der Waals surface area (Å²) in [6, 6.07) is 15.5. The first-order valence-electron chi connectivity index (χ1n) is 9.04. The molecule has 0 radical (unpaired) electrons. The van der Waals surface area contributed by atoms with E-state index in [-0.39, 0.29) is 5.56 Å². The molecule has 0 atom stereocenters. The lowest BCUT2D eigenvalue weighted by Crippen LogP contribution is -2.03. The normalized spacial score (nSPS) is 10.4. The minimum Gasteiger partial charge on any atom is -0.478 e. The van der Waals surface area contributed by atoms with Gasteiger partial charge in [-0.15, -0.1) is 0 Å². The maximum absolute atomic E-state index is 11.1. The van der Waals surface area contributed by atoms with Crippen molar-refractivity contribution in [2.24, 2.45) is 0 Å². The van der Waals surface area contributed by atoms with Crippen molar-refractivity contribution in [2.75, 3.05) is 10.6 Å². The van der Waals surface area contributed by atoms with Crippen LogP contribution in [0.5, 0.6) is 0 Å². The quantitative estimate of drug-likeness (QED) is 0.443. The zero-order valence-corrected chi connectivity index (χ0v) is 15.9. The number of hydrogen-bond acceptors (Lipinski definition) is 8. The van der Waals surface area contributed by atoms with E-state index in [0.29, 0.717) is 34.8 Å². The Morgan fingerprint density at radius 1 is 0.867 bits per heavy atom. The van der Waals surface area contributed by atoms with Crippen LogP contribution in [-0.2, 0) is 0 Å². The molecule has 4 rings (SSSR count). The number of nitrogens with one attached hydrogen (secondary N) is 2. The summed E-state index contributed by atoms with van der Waals surface area (Å²) in [5, 5.41) is 15.2. The van der Waals surface area contributed by atoms with Crippen LogP contribution in [0.2, 0.25) is 0 Å². The highest BCUT2D eigenvalue weighted by atomic mass is 16.4. The molecule has 3 N–H and O–H groups in total. The maximum atomic E-state index is 11.1. The van der Waals surface area contributed by atoms with Gasteiger partial charge in [0, 0.05) is 23.8 Å². The average Bonchev–Trinajstić information content (AvgIpc) is 2.74.